The predicted octanol–water partition coefficient (Wildman–Crippen LogP) is 3.23. The van der Waals surface area contributed by atoms with Crippen molar-refractivity contribution in [1.82, 2.24) is 5.32 Å². The van der Waals surface area contributed by atoms with Crippen molar-refractivity contribution >= 4 is 23.2 Å². The molecule has 0 radical (unpaired) electrons. The first-order chi connectivity index (χ1) is 8.56. The molecule has 3 N–H and O–H groups in total. The molecule has 1 amide bonds. The molecule has 0 heterocycles. The third-order valence-electron chi connectivity index (χ3n) is 3.53. The van der Waals surface area contributed by atoms with Gasteiger partial charge in [0.25, 0.3) is 5.91 Å². The van der Waals surface area contributed by atoms with Crippen LogP contribution in [0.3, 0.4) is 0 Å². The molecule has 18 heavy (non-hydrogen) atoms. The van der Waals surface area contributed by atoms with E-state index in [1.807, 2.05) is 0 Å². The standard InChI is InChI=1S/C14H19ClN2O/c1-9-3-2-4-11(7-9)17-14(18)12-6-5-10(15)8-13(12)16/h5-6,8-9,11H,2-4,7,16H2,1H3,(H,17,18). The van der Waals surface area contributed by atoms with Crippen LogP contribution < -0.4 is 11.1 Å². The van der Waals surface area contributed by atoms with Crippen LogP contribution in [-0.2, 0) is 0 Å². The van der Waals surface area contributed by atoms with Crippen LogP contribution in [0.4, 0.5) is 5.69 Å². The summed E-state index contributed by atoms with van der Waals surface area (Å²) in [6.07, 6.45) is 4.56. The second-order valence-electron chi connectivity index (χ2n) is 5.17. The predicted molar refractivity (Wildman–Crippen MR) is 74.8 cm³/mol. The zero-order valence-electron chi connectivity index (χ0n) is 10.6. The number of nitrogen functional groups attached to an aromatic ring is 1. The van der Waals surface area contributed by atoms with Crippen LogP contribution in [0.2, 0.25) is 5.02 Å². The molecule has 1 aliphatic rings. The summed E-state index contributed by atoms with van der Waals surface area (Å²) >= 11 is 5.82. The molecular formula is C14H19ClN2O. The molecule has 0 bridgehead atoms. The molecule has 0 aliphatic heterocycles. The molecule has 0 saturated heterocycles. The Morgan fingerprint density at radius 1 is 1.44 bits per heavy atom. The number of halogens is 1. The van der Waals surface area contributed by atoms with Gasteiger partial charge in [-0.3, -0.25) is 4.79 Å². The minimum Gasteiger partial charge on any atom is -0.398 e. The van der Waals surface area contributed by atoms with Crippen LogP contribution in [0.1, 0.15) is 43.0 Å². The number of benzene rings is 1. The average Bonchev–Trinajstić information content (AvgIpc) is 2.28. The first-order valence-corrected chi connectivity index (χ1v) is 6.80. The molecule has 3 nitrogen and oxygen atoms in total. The Bertz CT molecular complexity index is 447. The van der Waals surface area contributed by atoms with E-state index in [1.54, 1.807) is 18.2 Å². The Morgan fingerprint density at radius 3 is 2.89 bits per heavy atom. The molecule has 0 spiro atoms. The first kappa shape index (κ1) is 13.2. The Morgan fingerprint density at radius 2 is 2.22 bits per heavy atom. The zero-order chi connectivity index (χ0) is 13.1. The average molecular weight is 267 g/mol. The highest BCUT2D eigenvalue weighted by molar-refractivity contribution is 6.31. The summed E-state index contributed by atoms with van der Waals surface area (Å²) < 4.78 is 0. The largest absolute Gasteiger partial charge is 0.398 e. The van der Waals surface area contributed by atoms with E-state index in [1.165, 1.54) is 12.8 Å². The highest BCUT2D eigenvalue weighted by Gasteiger charge is 2.21. The molecule has 2 atom stereocenters. The summed E-state index contributed by atoms with van der Waals surface area (Å²) in [5.41, 5.74) is 6.76. The molecule has 1 aromatic carbocycles. The van der Waals surface area contributed by atoms with E-state index in [0.717, 1.165) is 12.8 Å². The van der Waals surface area contributed by atoms with Gasteiger partial charge in [0.15, 0.2) is 0 Å². The van der Waals surface area contributed by atoms with E-state index in [2.05, 4.69) is 12.2 Å². The lowest BCUT2D eigenvalue weighted by atomic mass is 9.87. The fourth-order valence-corrected chi connectivity index (χ4v) is 2.75. The second kappa shape index (κ2) is 5.61. The number of amides is 1. The highest BCUT2D eigenvalue weighted by Crippen LogP contribution is 2.24. The maximum atomic E-state index is 12.1. The summed E-state index contributed by atoms with van der Waals surface area (Å²) in [6.45, 7) is 2.23. The van der Waals surface area contributed by atoms with Gasteiger partial charge in [0.05, 0.1) is 5.56 Å². The summed E-state index contributed by atoms with van der Waals surface area (Å²) in [5, 5.41) is 3.62. The van der Waals surface area contributed by atoms with Crippen molar-refractivity contribution in [3.63, 3.8) is 0 Å². The summed E-state index contributed by atoms with van der Waals surface area (Å²) in [5.74, 6) is 0.592. The van der Waals surface area contributed by atoms with Gasteiger partial charge in [-0.15, -0.1) is 0 Å². The van der Waals surface area contributed by atoms with Gasteiger partial charge in [0.1, 0.15) is 0 Å². The molecule has 2 rings (SSSR count). The van der Waals surface area contributed by atoms with Crippen molar-refractivity contribution in [1.29, 1.82) is 0 Å². The Kier molecular flexibility index (Phi) is 4.12. The van der Waals surface area contributed by atoms with Gasteiger partial charge < -0.3 is 11.1 Å². The van der Waals surface area contributed by atoms with Gasteiger partial charge >= 0.3 is 0 Å². The third kappa shape index (κ3) is 3.16. The maximum absolute atomic E-state index is 12.1. The highest BCUT2D eigenvalue weighted by atomic mass is 35.5. The number of carbonyl (C=O) groups is 1. The summed E-state index contributed by atoms with van der Waals surface area (Å²) in [6, 6.07) is 5.26. The van der Waals surface area contributed by atoms with E-state index in [9.17, 15) is 4.79 Å². The number of anilines is 1. The minimum absolute atomic E-state index is 0.0942. The lowest BCUT2D eigenvalue weighted by Crippen LogP contribution is -2.38. The Balaban J connectivity index is 2.03. The summed E-state index contributed by atoms with van der Waals surface area (Å²) in [4.78, 5) is 12.1. The molecular weight excluding hydrogens is 248 g/mol. The van der Waals surface area contributed by atoms with Crippen molar-refractivity contribution < 1.29 is 4.79 Å². The van der Waals surface area contributed by atoms with Crippen LogP contribution in [0.25, 0.3) is 0 Å². The molecule has 4 heteroatoms. The van der Waals surface area contributed by atoms with Crippen molar-refractivity contribution in [2.75, 3.05) is 5.73 Å². The van der Waals surface area contributed by atoms with E-state index >= 15 is 0 Å². The lowest BCUT2D eigenvalue weighted by molar-refractivity contribution is 0.0922. The lowest BCUT2D eigenvalue weighted by Gasteiger charge is -2.27. The van der Waals surface area contributed by atoms with Crippen LogP contribution in [0.15, 0.2) is 18.2 Å². The molecule has 1 aliphatic carbocycles. The normalized spacial score (nSPS) is 23.7. The van der Waals surface area contributed by atoms with Gasteiger partial charge in [0.2, 0.25) is 0 Å². The summed E-state index contributed by atoms with van der Waals surface area (Å²) in [7, 11) is 0. The molecule has 1 aromatic rings. The van der Waals surface area contributed by atoms with Gasteiger partial charge in [-0.05, 0) is 37.0 Å². The topological polar surface area (TPSA) is 55.1 Å². The smallest absolute Gasteiger partial charge is 0.253 e. The Hall–Kier alpha value is -1.22. The zero-order valence-corrected chi connectivity index (χ0v) is 11.3. The monoisotopic (exact) mass is 266 g/mol. The molecule has 98 valence electrons. The van der Waals surface area contributed by atoms with Crippen LogP contribution in [0, 0.1) is 5.92 Å². The SMILES string of the molecule is CC1CCCC(NC(=O)c2ccc(Cl)cc2N)C1. The molecule has 1 saturated carbocycles. The van der Waals surface area contributed by atoms with Gasteiger partial charge in [-0.1, -0.05) is 31.4 Å². The number of nitrogens with one attached hydrogen (secondary N) is 1. The molecule has 0 aromatic heterocycles. The van der Waals surface area contributed by atoms with Crippen molar-refractivity contribution in [2.45, 2.75) is 38.6 Å². The Labute approximate surface area is 113 Å². The second-order valence-corrected chi connectivity index (χ2v) is 5.61. The quantitative estimate of drug-likeness (QED) is 0.808. The van der Waals surface area contributed by atoms with Gasteiger partial charge in [-0.2, -0.15) is 0 Å². The number of carbonyl (C=O) groups excluding carboxylic acids is 1. The van der Waals surface area contributed by atoms with Crippen LogP contribution >= 0.6 is 11.6 Å². The van der Waals surface area contributed by atoms with E-state index in [-0.39, 0.29) is 11.9 Å². The third-order valence-corrected chi connectivity index (χ3v) is 3.76. The van der Waals surface area contributed by atoms with E-state index in [4.69, 9.17) is 17.3 Å². The van der Waals surface area contributed by atoms with E-state index < -0.39 is 0 Å². The number of hydrogen-bond donors (Lipinski definition) is 2. The van der Waals surface area contributed by atoms with Gasteiger partial charge in [-0.25, -0.2) is 0 Å². The van der Waals surface area contributed by atoms with Crippen LogP contribution in [-0.4, -0.2) is 11.9 Å². The van der Waals surface area contributed by atoms with Crippen LogP contribution in [0.5, 0.6) is 0 Å². The fraction of sp³-hybridized carbons (Fsp3) is 0.500. The minimum atomic E-state index is -0.0942. The van der Waals surface area contributed by atoms with Crippen molar-refractivity contribution in [3.8, 4) is 0 Å². The first-order valence-electron chi connectivity index (χ1n) is 6.42. The number of hydrogen-bond acceptors (Lipinski definition) is 2. The fourth-order valence-electron chi connectivity index (χ4n) is 2.57. The van der Waals surface area contributed by atoms with Crippen molar-refractivity contribution in [3.05, 3.63) is 28.8 Å². The van der Waals surface area contributed by atoms with Gasteiger partial charge in [0, 0.05) is 16.8 Å². The molecule has 2 unspecified atom stereocenters. The molecule has 1 fully saturated rings. The van der Waals surface area contributed by atoms with E-state index in [0.29, 0.717) is 22.2 Å². The maximum Gasteiger partial charge on any atom is 0.253 e. The number of rotatable bonds is 2. The number of nitrogens with two attached hydrogens (primary N) is 1. The van der Waals surface area contributed by atoms with Crippen molar-refractivity contribution in [2.24, 2.45) is 5.92 Å².